The van der Waals surface area contributed by atoms with Crippen LogP contribution in [0.3, 0.4) is 0 Å². The van der Waals surface area contributed by atoms with Crippen LogP contribution in [-0.4, -0.2) is 10.5 Å². The predicted octanol–water partition coefficient (Wildman–Crippen LogP) is 3.39. The Balaban J connectivity index is 2.43. The molecule has 2 aromatic carbocycles. The van der Waals surface area contributed by atoms with E-state index in [1.165, 1.54) is 0 Å². The van der Waals surface area contributed by atoms with Gasteiger partial charge in [-0.25, -0.2) is 0 Å². The van der Waals surface area contributed by atoms with Crippen LogP contribution in [0, 0.1) is 0 Å². The van der Waals surface area contributed by atoms with Gasteiger partial charge < -0.3 is 5.53 Å². The summed E-state index contributed by atoms with van der Waals surface area (Å²) in [5, 5.41) is 0.646. The number of nitrogens with zero attached hydrogens (tertiary/aromatic N) is 2. The fourth-order valence-corrected chi connectivity index (χ4v) is 2.30. The lowest BCUT2D eigenvalue weighted by atomic mass is 10.1. The van der Waals surface area contributed by atoms with E-state index in [9.17, 15) is 0 Å². The fourth-order valence-electron chi connectivity index (χ4n) is 2.12. The van der Waals surface area contributed by atoms with Crippen molar-refractivity contribution in [3.8, 4) is 11.1 Å². The van der Waals surface area contributed by atoms with Gasteiger partial charge in [-0.2, -0.15) is 4.79 Å². The molecule has 0 radical (unpaired) electrons. The van der Waals surface area contributed by atoms with Gasteiger partial charge in [-0.15, -0.1) is 0 Å². The van der Waals surface area contributed by atoms with E-state index in [0.29, 0.717) is 10.7 Å². The van der Waals surface area contributed by atoms with Crippen molar-refractivity contribution >= 4 is 17.3 Å². The van der Waals surface area contributed by atoms with Crippen molar-refractivity contribution in [1.82, 2.24) is 0 Å². The van der Waals surface area contributed by atoms with Crippen LogP contribution in [0.1, 0.15) is 11.1 Å². The zero-order valence-electron chi connectivity index (χ0n) is 8.31. The summed E-state index contributed by atoms with van der Waals surface area (Å²) in [5.74, 6) is 0. The highest BCUT2D eigenvalue weighted by Gasteiger charge is 2.30. The minimum atomic E-state index is 0.591. The lowest BCUT2D eigenvalue weighted by Crippen LogP contribution is -1.98. The Bertz CT molecular complexity index is 640. The average molecular weight is 227 g/mol. The first kappa shape index (κ1) is 9.34. The Labute approximate surface area is 97.7 Å². The fraction of sp³-hybridized carbons (Fsp3) is 0. The van der Waals surface area contributed by atoms with Gasteiger partial charge in [-0.1, -0.05) is 35.9 Å². The first-order valence-corrected chi connectivity index (χ1v) is 5.31. The van der Waals surface area contributed by atoms with Gasteiger partial charge in [-0.05, 0) is 29.3 Å². The lowest BCUT2D eigenvalue weighted by molar-refractivity contribution is -0.00243. The summed E-state index contributed by atoms with van der Waals surface area (Å²) in [6.07, 6.45) is 0. The highest BCUT2D eigenvalue weighted by atomic mass is 35.5. The Morgan fingerprint density at radius 3 is 2.31 bits per heavy atom. The molecule has 0 saturated heterocycles. The zero-order chi connectivity index (χ0) is 11.1. The van der Waals surface area contributed by atoms with Crippen LogP contribution >= 0.6 is 11.6 Å². The topological polar surface area (TPSA) is 36.4 Å². The Kier molecular flexibility index (Phi) is 1.93. The molecule has 0 bridgehead atoms. The number of halogens is 1. The standard InChI is InChI=1S/C13H7ClN2/c14-8-5-6-10-9-3-1-2-4-11(9)13(16-15)12(10)7-8/h1-7H. The molecule has 0 N–H and O–H groups in total. The first-order valence-electron chi connectivity index (χ1n) is 4.93. The molecule has 3 rings (SSSR count). The molecule has 0 aromatic heterocycles. The summed E-state index contributed by atoms with van der Waals surface area (Å²) in [5.41, 5.74) is 13.7. The Hall–Kier alpha value is -1.89. The molecule has 1 aliphatic rings. The normalized spacial score (nSPS) is 11.9. The summed E-state index contributed by atoms with van der Waals surface area (Å²) in [7, 11) is 0. The molecule has 0 unspecified atom stereocenters. The van der Waals surface area contributed by atoms with E-state index >= 15 is 0 Å². The molecule has 0 heterocycles. The minimum absolute atomic E-state index is 0.591. The van der Waals surface area contributed by atoms with E-state index in [1.54, 1.807) is 0 Å². The number of rotatable bonds is 0. The summed E-state index contributed by atoms with van der Waals surface area (Å²) < 4.78 is 0. The molecule has 0 fully saturated rings. The molecule has 2 nitrogen and oxygen atoms in total. The maximum atomic E-state index is 9.10. The second-order valence-electron chi connectivity index (χ2n) is 3.68. The van der Waals surface area contributed by atoms with Crippen molar-refractivity contribution in [3.63, 3.8) is 0 Å². The van der Waals surface area contributed by atoms with Crippen molar-refractivity contribution < 1.29 is 4.79 Å². The van der Waals surface area contributed by atoms with Crippen molar-refractivity contribution in [2.45, 2.75) is 0 Å². The van der Waals surface area contributed by atoms with Crippen molar-refractivity contribution in [2.75, 3.05) is 0 Å². The molecule has 2 aromatic rings. The second kappa shape index (κ2) is 3.31. The highest BCUT2D eigenvalue weighted by Crippen LogP contribution is 2.37. The largest absolute Gasteiger partial charge is 0.361 e. The zero-order valence-corrected chi connectivity index (χ0v) is 9.07. The van der Waals surface area contributed by atoms with Gasteiger partial charge in [0.1, 0.15) is 0 Å². The molecule has 0 aliphatic heterocycles. The van der Waals surface area contributed by atoms with Crippen LogP contribution in [0.25, 0.3) is 16.7 Å². The van der Waals surface area contributed by atoms with Gasteiger partial charge in [0.2, 0.25) is 0 Å². The van der Waals surface area contributed by atoms with E-state index in [4.69, 9.17) is 17.1 Å². The molecule has 1 aliphatic carbocycles. The lowest BCUT2D eigenvalue weighted by Gasteiger charge is -1.97. The third-order valence-electron chi connectivity index (χ3n) is 2.81. The van der Waals surface area contributed by atoms with E-state index < -0.39 is 0 Å². The van der Waals surface area contributed by atoms with E-state index in [2.05, 4.69) is 4.79 Å². The Morgan fingerprint density at radius 1 is 0.875 bits per heavy atom. The maximum absolute atomic E-state index is 9.10. The Morgan fingerprint density at radius 2 is 1.56 bits per heavy atom. The summed E-state index contributed by atoms with van der Waals surface area (Å²) in [6, 6.07) is 13.5. The van der Waals surface area contributed by atoms with Crippen LogP contribution in [0.2, 0.25) is 5.02 Å². The van der Waals surface area contributed by atoms with Gasteiger partial charge in [0.15, 0.2) is 0 Å². The van der Waals surface area contributed by atoms with Crippen molar-refractivity contribution in [2.24, 2.45) is 0 Å². The highest BCUT2D eigenvalue weighted by molar-refractivity contribution is 6.32. The van der Waals surface area contributed by atoms with E-state index in [-0.39, 0.29) is 0 Å². The maximum Gasteiger partial charge on any atom is 0.330 e. The van der Waals surface area contributed by atoms with Crippen LogP contribution in [-0.2, 0) is 0 Å². The molecule has 0 spiro atoms. The number of benzene rings is 2. The summed E-state index contributed by atoms with van der Waals surface area (Å²) in [6.45, 7) is 0. The first-order chi connectivity index (χ1) is 7.81. The number of hydrogen-bond acceptors (Lipinski definition) is 0. The van der Waals surface area contributed by atoms with Gasteiger partial charge in [0, 0.05) is 5.02 Å². The number of fused-ring (bicyclic) bond motifs is 3. The minimum Gasteiger partial charge on any atom is -0.361 e. The molecule has 0 atom stereocenters. The van der Waals surface area contributed by atoms with Crippen molar-refractivity contribution in [3.05, 3.63) is 64.1 Å². The molecule has 3 heteroatoms. The molecule has 16 heavy (non-hydrogen) atoms. The SMILES string of the molecule is [N-]=[N+]=C1c2ccccc2-c2ccc(Cl)cc21. The third kappa shape index (κ3) is 1.15. The van der Waals surface area contributed by atoms with Gasteiger partial charge >= 0.3 is 5.71 Å². The monoisotopic (exact) mass is 226 g/mol. The van der Waals surface area contributed by atoms with Gasteiger partial charge in [-0.3, -0.25) is 0 Å². The molecular weight excluding hydrogens is 220 g/mol. The second-order valence-corrected chi connectivity index (χ2v) is 4.12. The van der Waals surface area contributed by atoms with Crippen LogP contribution in [0.15, 0.2) is 42.5 Å². The van der Waals surface area contributed by atoms with E-state index in [1.807, 2.05) is 42.5 Å². The summed E-state index contributed by atoms with van der Waals surface area (Å²) >= 11 is 5.95. The van der Waals surface area contributed by atoms with Gasteiger partial charge in [0.05, 0.1) is 11.1 Å². The smallest absolute Gasteiger partial charge is 0.330 e. The van der Waals surface area contributed by atoms with E-state index in [0.717, 1.165) is 22.3 Å². The molecule has 0 saturated carbocycles. The van der Waals surface area contributed by atoms with Crippen LogP contribution in [0.5, 0.6) is 0 Å². The predicted molar refractivity (Wildman–Crippen MR) is 63.7 cm³/mol. The molecular formula is C13H7ClN2. The average Bonchev–Trinajstić information content (AvgIpc) is 2.61. The summed E-state index contributed by atoms with van der Waals surface area (Å²) in [4.78, 5) is 3.37. The van der Waals surface area contributed by atoms with Crippen LogP contribution < -0.4 is 0 Å². The van der Waals surface area contributed by atoms with Crippen LogP contribution in [0.4, 0.5) is 0 Å². The quantitative estimate of drug-likeness (QED) is 0.416. The van der Waals surface area contributed by atoms with Gasteiger partial charge in [0.25, 0.3) is 0 Å². The molecule has 76 valence electrons. The third-order valence-corrected chi connectivity index (χ3v) is 3.04. The number of hydrogen-bond donors (Lipinski definition) is 0. The van der Waals surface area contributed by atoms with Crippen molar-refractivity contribution in [1.29, 1.82) is 0 Å². The molecule has 0 amide bonds.